The van der Waals surface area contributed by atoms with Gasteiger partial charge in [0.1, 0.15) is 5.82 Å². The molecule has 38 heavy (non-hydrogen) atoms. The standard InChI is InChI=1S/C29H29N7O2/c1-20-3-5-21(6-4-20)28(37)29(38)35-13-11-34(12-14-35)27-8-7-22(16-30-27)25-15-23(24-17-32-33(2)18-24)19-36-26(25)9-10-31-36/h3-10,15-19,28,37H,11-14H2,1-2H3. The number of piperazine rings is 1. The van der Waals surface area contributed by atoms with Gasteiger partial charge in [-0.3, -0.25) is 9.48 Å². The Kier molecular flexibility index (Phi) is 6.13. The molecule has 0 spiro atoms. The van der Waals surface area contributed by atoms with Crippen LogP contribution in [0.4, 0.5) is 5.82 Å². The van der Waals surface area contributed by atoms with Crippen LogP contribution in [0, 0.1) is 6.92 Å². The Balaban J connectivity index is 1.16. The van der Waals surface area contributed by atoms with Crippen LogP contribution in [0.25, 0.3) is 27.8 Å². The van der Waals surface area contributed by atoms with Crippen LogP contribution in [0.1, 0.15) is 17.2 Å². The average molecular weight is 508 g/mol. The van der Waals surface area contributed by atoms with E-state index >= 15 is 0 Å². The molecule has 1 saturated heterocycles. The fourth-order valence-corrected chi connectivity index (χ4v) is 4.94. The number of anilines is 1. The first-order valence-electron chi connectivity index (χ1n) is 12.7. The number of pyridine rings is 2. The predicted octanol–water partition coefficient (Wildman–Crippen LogP) is 3.49. The number of benzene rings is 1. The second kappa shape index (κ2) is 9.75. The summed E-state index contributed by atoms with van der Waals surface area (Å²) in [5.74, 6) is 0.614. The van der Waals surface area contributed by atoms with E-state index in [0.717, 1.165) is 39.2 Å². The van der Waals surface area contributed by atoms with Crippen LogP contribution in [-0.2, 0) is 11.8 Å². The van der Waals surface area contributed by atoms with Crippen LogP contribution in [0.15, 0.2) is 79.5 Å². The normalized spacial score (nSPS) is 14.7. The highest BCUT2D eigenvalue weighted by molar-refractivity contribution is 5.84. The maximum Gasteiger partial charge on any atom is 0.256 e. The number of amides is 1. The van der Waals surface area contributed by atoms with Crippen molar-refractivity contribution in [3.8, 4) is 22.3 Å². The number of nitrogens with zero attached hydrogens (tertiary/aromatic N) is 7. The number of aliphatic hydroxyl groups excluding tert-OH is 1. The lowest BCUT2D eigenvalue weighted by atomic mass is 10.0. The highest BCUT2D eigenvalue weighted by Crippen LogP contribution is 2.31. The van der Waals surface area contributed by atoms with Crippen molar-refractivity contribution in [1.29, 1.82) is 0 Å². The summed E-state index contributed by atoms with van der Waals surface area (Å²) in [6, 6.07) is 15.7. The molecule has 192 valence electrons. The van der Waals surface area contributed by atoms with Crippen molar-refractivity contribution in [1.82, 2.24) is 29.3 Å². The van der Waals surface area contributed by atoms with E-state index in [4.69, 9.17) is 4.98 Å². The van der Waals surface area contributed by atoms with Crippen molar-refractivity contribution in [2.24, 2.45) is 7.05 Å². The highest BCUT2D eigenvalue weighted by atomic mass is 16.3. The molecule has 0 saturated carbocycles. The Morgan fingerprint density at radius 1 is 0.895 bits per heavy atom. The Hall–Kier alpha value is -4.50. The topological polar surface area (TPSA) is 91.8 Å². The zero-order valence-corrected chi connectivity index (χ0v) is 21.4. The number of aryl methyl sites for hydroxylation is 2. The maximum absolute atomic E-state index is 12.9. The first-order valence-corrected chi connectivity index (χ1v) is 12.7. The summed E-state index contributed by atoms with van der Waals surface area (Å²) in [7, 11) is 1.90. The second-order valence-corrected chi connectivity index (χ2v) is 9.74. The first kappa shape index (κ1) is 23.9. The van der Waals surface area contributed by atoms with Gasteiger partial charge < -0.3 is 14.9 Å². The van der Waals surface area contributed by atoms with Gasteiger partial charge in [0.05, 0.1) is 11.7 Å². The lowest BCUT2D eigenvalue weighted by Crippen LogP contribution is -2.50. The van der Waals surface area contributed by atoms with Crippen molar-refractivity contribution in [2.45, 2.75) is 13.0 Å². The molecular weight excluding hydrogens is 478 g/mol. The number of rotatable bonds is 5. The van der Waals surface area contributed by atoms with E-state index in [0.29, 0.717) is 31.7 Å². The molecule has 5 aromatic rings. The van der Waals surface area contributed by atoms with E-state index in [1.54, 1.807) is 15.8 Å². The van der Waals surface area contributed by atoms with Crippen LogP contribution < -0.4 is 4.90 Å². The molecule has 9 nitrogen and oxygen atoms in total. The van der Waals surface area contributed by atoms with Crippen LogP contribution in [0.5, 0.6) is 0 Å². The van der Waals surface area contributed by atoms with Crippen molar-refractivity contribution in [3.63, 3.8) is 0 Å². The number of carbonyl (C=O) groups excluding carboxylic acids is 1. The second-order valence-electron chi connectivity index (χ2n) is 9.74. The van der Waals surface area contributed by atoms with Gasteiger partial charge in [-0.25, -0.2) is 9.50 Å². The molecule has 1 aliphatic rings. The molecule has 5 heterocycles. The Labute approximate surface area is 220 Å². The van der Waals surface area contributed by atoms with Gasteiger partial charge in [0.2, 0.25) is 0 Å². The van der Waals surface area contributed by atoms with Crippen molar-refractivity contribution in [3.05, 3.63) is 90.6 Å². The number of carbonyl (C=O) groups is 1. The van der Waals surface area contributed by atoms with E-state index in [2.05, 4.69) is 27.2 Å². The van der Waals surface area contributed by atoms with Gasteiger partial charge in [-0.15, -0.1) is 0 Å². The Bertz CT molecular complexity index is 1580. The molecule has 0 aliphatic carbocycles. The summed E-state index contributed by atoms with van der Waals surface area (Å²) in [4.78, 5) is 21.5. The monoisotopic (exact) mass is 507 g/mol. The summed E-state index contributed by atoms with van der Waals surface area (Å²) < 4.78 is 3.67. The SMILES string of the molecule is Cc1ccc(C(O)C(=O)N2CCN(c3ccc(-c4cc(-c5cnn(C)c5)cn5nccc45)cn3)CC2)cc1. The molecule has 1 aromatic carbocycles. The summed E-state index contributed by atoms with van der Waals surface area (Å²) in [5.41, 5.74) is 6.82. The summed E-state index contributed by atoms with van der Waals surface area (Å²) in [6.45, 7) is 4.36. The minimum absolute atomic E-state index is 0.255. The number of hydrogen-bond donors (Lipinski definition) is 1. The fraction of sp³-hybridized carbons (Fsp3) is 0.241. The van der Waals surface area contributed by atoms with E-state index in [-0.39, 0.29) is 5.91 Å². The maximum atomic E-state index is 12.9. The zero-order valence-electron chi connectivity index (χ0n) is 21.4. The van der Waals surface area contributed by atoms with Gasteiger partial charge in [0, 0.05) is 80.3 Å². The summed E-state index contributed by atoms with van der Waals surface area (Å²) in [5, 5.41) is 19.3. The molecule has 0 bridgehead atoms. The van der Waals surface area contributed by atoms with Gasteiger partial charge in [-0.05, 0) is 36.8 Å². The lowest BCUT2D eigenvalue weighted by Gasteiger charge is -2.36. The minimum atomic E-state index is -1.14. The summed E-state index contributed by atoms with van der Waals surface area (Å²) in [6.07, 6.45) is 8.39. The molecular formula is C29H29N7O2. The van der Waals surface area contributed by atoms with Gasteiger partial charge >= 0.3 is 0 Å². The molecule has 1 unspecified atom stereocenters. The van der Waals surface area contributed by atoms with Gasteiger partial charge in [0.25, 0.3) is 5.91 Å². The quantitative estimate of drug-likeness (QED) is 0.392. The summed E-state index contributed by atoms with van der Waals surface area (Å²) >= 11 is 0. The first-order chi connectivity index (χ1) is 18.5. The molecule has 4 aromatic heterocycles. The Morgan fingerprint density at radius 3 is 2.37 bits per heavy atom. The minimum Gasteiger partial charge on any atom is -0.378 e. The number of aliphatic hydroxyl groups is 1. The van der Waals surface area contributed by atoms with Crippen molar-refractivity contribution in [2.75, 3.05) is 31.1 Å². The molecule has 1 atom stereocenters. The molecule has 9 heteroatoms. The smallest absolute Gasteiger partial charge is 0.256 e. The van der Waals surface area contributed by atoms with E-state index in [1.807, 2.05) is 79.7 Å². The van der Waals surface area contributed by atoms with Gasteiger partial charge in [0.15, 0.2) is 6.10 Å². The molecule has 1 aliphatic heterocycles. The molecule has 1 N–H and O–H groups in total. The van der Waals surface area contributed by atoms with Crippen molar-refractivity contribution < 1.29 is 9.90 Å². The van der Waals surface area contributed by atoms with Gasteiger partial charge in [-0.2, -0.15) is 10.2 Å². The van der Waals surface area contributed by atoms with E-state index in [1.165, 1.54) is 0 Å². The number of hydrogen-bond acceptors (Lipinski definition) is 6. The van der Waals surface area contributed by atoms with Crippen LogP contribution in [-0.4, -0.2) is 66.5 Å². The third kappa shape index (κ3) is 4.52. The number of aromatic nitrogens is 5. The lowest BCUT2D eigenvalue weighted by molar-refractivity contribution is -0.140. The largest absolute Gasteiger partial charge is 0.378 e. The average Bonchev–Trinajstić information content (AvgIpc) is 3.61. The zero-order chi connectivity index (χ0) is 26.2. The Morgan fingerprint density at radius 2 is 1.68 bits per heavy atom. The third-order valence-corrected chi connectivity index (χ3v) is 7.15. The molecule has 0 radical (unpaired) electrons. The molecule has 6 rings (SSSR count). The van der Waals surface area contributed by atoms with Crippen molar-refractivity contribution >= 4 is 17.2 Å². The molecule has 1 amide bonds. The number of fused-ring (bicyclic) bond motifs is 1. The fourth-order valence-electron chi connectivity index (χ4n) is 4.94. The molecule has 1 fully saturated rings. The van der Waals surface area contributed by atoms with E-state index < -0.39 is 6.10 Å². The van der Waals surface area contributed by atoms with Crippen LogP contribution >= 0.6 is 0 Å². The van der Waals surface area contributed by atoms with Crippen LogP contribution in [0.3, 0.4) is 0 Å². The van der Waals surface area contributed by atoms with E-state index in [9.17, 15) is 9.90 Å². The highest BCUT2D eigenvalue weighted by Gasteiger charge is 2.27. The predicted molar refractivity (Wildman–Crippen MR) is 146 cm³/mol. The third-order valence-electron chi connectivity index (χ3n) is 7.15. The van der Waals surface area contributed by atoms with Crippen LogP contribution in [0.2, 0.25) is 0 Å². The van der Waals surface area contributed by atoms with Gasteiger partial charge in [-0.1, -0.05) is 29.8 Å².